The molecule has 1 aromatic carbocycles. The molecule has 0 amide bonds. The Bertz CT molecular complexity index is 394. The fraction of sp³-hybridized carbons (Fsp3) is 0.462. The smallest absolute Gasteiger partial charge is 0.163 e. The second kappa shape index (κ2) is 4.05. The summed E-state index contributed by atoms with van der Waals surface area (Å²) in [4.78, 5) is 11.9. The molecule has 1 aliphatic rings. The first kappa shape index (κ1) is 10.2. The van der Waals surface area contributed by atoms with Crippen LogP contribution in [0.25, 0.3) is 0 Å². The first-order valence-corrected chi connectivity index (χ1v) is 5.43. The lowest BCUT2D eigenvalue weighted by atomic mass is 9.98. The molecule has 0 aliphatic heterocycles. The van der Waals surface area contributed by atoms with Gasteiger partial charge in [0.15, 0.2) is 5.78 Å². The van der Waals surface area contributed by atoms with Gasteiger partial charge in [-0.05, 0) is 43.9 Å². The number of hydrogen-bond donors (Lipinski definition) is 0. The van der Waals surface area contributed by atoms with Crippen molar-refractivity contribution in [2.75, 3.05) is 7.11 Å². The first-order valence-electron chi connectivity index (χ1n) is 5.43. The molecular formula is C13H16O2. The Morgan fingerprint density at radius 3 is 2.67 bits per heavy atom. The third-order valence-corrected chi connectivity index (χ3v) is 2.95. The number of hydrogen-bond acceptors (Lipinski definition) is 2. The van der Waals surface area contributed by atoms with E-state index in [4.69, 9.17) is 4.74 Å². The Hall–Kier alpha value is -1.31. The predicted molar refractivity (Wildman–Crippen MR) is 59.6 cm³/mol. The maximum absolute atomic E-state index is 11.9. The lowest BCUT2D eigenvalue weighted by Crippen LogP contribution is -2.03. The van der Waals surface area contributed by atoms with Gasteiger partial charge in [-0.25, -0.2) is 0 Å². The van der Waals surface area contributed by atoms with Crippen LogP contribution in [0.1, 0.15) is 40.7 Å². The van der Waals surface area contributed by atoms with Crippen molar-refractivity contribution in [3.8, 4) is 5.75 Å². The standard InChI is InChI=1S/C13H16O2/c1-9-7-11-10(13(8-9)15-2)5-3-4-6-12(11)14/h7-8H,3-6H2,1-2H3. The zero-order chi connectivity index (χ0) is 10.8. The zero-order valence-corrected chi connectivity index (χ0v) is 9.30. The normalized spacial score (nSPS) is 15.7. The van der Waals surface area contributed by atoms with Gasteiger partial charge in [0.05, 0.1) is 7.11 Å². The molecule has 0 spiro atoms. The molecule has 15 heavy (non-hydrogen) atoms. The third kappa shape index (κ3) is 1.89. The van der Waals surface area contributed by atoms with Crippen LogP contribution in [0, 0.1) is 6.92 Å². The molecule has 80 valence electrons. The van der Waals surface area contributed by atoms with Gasteiger partial charge in [0, 0.05) is 17.5 Å². The summed E-state index contributed by atoms with van der Waals surface area (Å²) in [6.45, 7) is 2.00. The lowest BCUT2D eigenvalue weighted by Gasteiger charge is -2.11. The Morgan fingerprint density at radius 2 is 1.93 bits per heavy atom. The third-order valence-electron chi connectivity index (χ3n) is 2.95. The molecule has 2 rings (SSSR count). The average Bonchev–Trinajstić information content (AvgIpc) is 2.40. The summed E-state index contributed by atoms with van der Waals surface area (Å²) >= 11 is 0. The van der Waals surface area contributed by atoms with Crippen molar-refractivity contribution in [1.82, 2.24) is 0 Å². The largest absolute Gasteiger partial charge is 0.496 e. The van der Waals surface area contributed by atoms with Crippen molar-refractivity contribution in [1.29, 1.82) is 0 Å². The maximum Gasteiger partial charge on any atom is 0.163 e. The summed E-state index contributed by atoms with van der Waals surface area (Å²) < 4.78 is 5.35. The summed E-state index contributed by atoms with van der Waals surface area (Å²) in [6.07, 6.45) is 3.72. The fourth-order valence-electron chi connectivity index (χ4n) is 2.19. The van der Waals surface area contributed by atoms with Crippen molar-refractivity contribution in [2.45, 2.75) is 32.6 Å². The van der Waals surface area contributed by atoms with Crippen LogP contribution < -0.4 is 4.74 Å². The van der Waals surface area contributed by atoms with E-state index in [1.165, 1.54) is 0 Å². The minimum Gasteiger partial charge on any atom is -0.496 e. The maximum atomic E-state index is 11.9. The molecule has 0 saturated carbocycles. The van der Waals surface area contributed by atoms with E-state index < -0.39 is 0 Å². The number of Topliss-reactive ketones (excluding diaryl/α,β-unsaturated/α-hetero) is 1. The summed E-state index contributed by atoms with van der Waals surface area (Å²) in [7, 11) is 1.67. The minimum atomic E-state index is 0.268. The van der Waals surface area contributed by atoms with Gasteiger partial charge in [-0.15, -0.1) is 0 Å². The number of fused-ring (bicyclic) bond motifs is 1. The molecule has 0 aromatic heterocycles. The molecule has 1 aliphatic carbocycles. The van der Waals surface area contributed by atoms with Gasteiger partial charge >= 0.3 is 0 Å². The number of aryl methyl sites for hydroxylation is 1. The van der Waals surface area contributed by atoms with E-state index in [0.717, 1.165) is 41.7 Å². The summed E-state index contributed by atoms with van der Waals surface area (Å²) in [6, 6.07) is 4.00. The van der Waals surface area contributed by atoms with Crippen LogP contribution in [0.3, 0.4) is 0 Å². The van der Waals surface area contributed by atoms with Crippen LogP contribution in [-0.2, 0) is 6.42 Å². The highest BCUT2D eigenvalue weighted by Crippen LogP contribution is 2.30. The van der Waals surface area contributed by atoms with Crippen molar-refractivity contribution in [3.63, 3.8) is 0 Å². The van der Waals surface area contributed by atoms with Crippen molar-refractivity contribution in [2.24, 2.45) is 0 Å². The van der Waals surface area contributed by atoms with Crippen LogP contribution in [-0.4, -0.2) is 12.9 Å². The van der Waals surface area contributed by atoms with Gasteiger partial charge < -0.3 is 4.74 Å². The van der Waals surface area contributed by atoms with Gasteiger partial charge in [0.2, 0.25) is 0 Å². The number of methoxy groups -OCH3 is 1. The minimum absolute atomic E-state index is 0.268. The van der Waals surface area contributed by atoms with Crippen LogP contribution in [0.2, 0.25) is 0 Å². The topological polar surface area (TPSA) is 26.3 Å². The monoisotopic (exact) mass is 204 g/mol. The molecule has 0 radical (unpaired) electrons. The van der Waals surface area contributed by atoms with Crippen LogP contribution in [0.5, 0.6) is 5.75 Å². The second-order valence-electron chi connectivity index (χ2n) is 4.12. The van der Waals surface area contributed by atoms with E-state index in [2.05, 4.69) is 0 Å². The van der Waals surface area contributed by atoms with Crippen molar-refractivity contribution >= 4 is 5.78 Å². The molecule has 0 saturated heterocycles. The van der Waals surface area contributed by atoms with Crippen LogP contribution in [0.4, 0.5) is 0 Å². The molecule has 2 nitrogen and oxygen atoms in total. The molecule has 2 heteroatoms. The van der Waals surface area contributed by atoms with Gasteiger partial charge in [0.25, 0.3) is 0 Å². The number of carbonyl (C=O) groups is 1. The SMILES string of the molecule is COc1cc(C)cc2c1CCCCC2=O. The van der Waals surface area contributed by atoms with Crippen molar-refractivity contribution < 1.29 is 9.53 Å². The summed E-state index contributed by atoms with van der Waals surface area (Å²) in [5, 5.41) is 0. The quantitative estimate of drug-likeness (QED) is 0.657. The first-order chi connectivity index (χ1) is 7.22. The lowest BCUT2D eigenvalue weighted by molar-refractivity contribution is 0.0981. The predicted octanol–water partition coefficient (Wildman–Crippen LogP) is 2.91. The highest BCUT2D eigenvalue weighted by atomic mass is 16.5. The van der Waals surface area contributed by atoms with E-state index in [0.29, 0.717) is 6.42 Å². The number of ketones is 1. The number of carbonyl (C=O) groups excluding carboxylic acids is 1. The van der Waals surface area contributed by atoms with Crippen molar-refractivity contribution in [3.05, 3.63) is 28.8 Å². The zero-order valence-electron chi connectivity index (χ0n) is 9.30. The summed E-state index contributed by atoms with van der Waals surface area (Å²) in [5.41, 5.74) is 3.08. The molecule has 0 unspecified atom stereocenters. The number of benzene rings is 1. The van der Waals surface area contributed by atoms with Crippen LogP contribution >= 0.6 is 0 Å². The van der Waals surface area contributed by atoms with E-state index in [-0.39, 0.29) is 5.78 Å². The fourth-order valence-corrected chi connectivity index (χ4v) is 2.19. The Balaban J connectivity index is 2.58. The molecule has 0 fully saturated rings. The Labute approximate surface area is 90.3 Å². The van der Waals surface area contributed by atoms with Crippen LogP contribution in [0.15, 0.2) is 12.1 Å². The Morgan fingerprint density at radius 1 is 1.20 bits per heavy atom. The van der Waals surface area contributed by atoms with E-state index in [1.54, 1.807) is 7.11 Å². The van der Waals surface area contributed by atoms with E-state index in [9.17, 15) is 4.79 Å². The van der Waals surface area contributed by atoms with E-state index in [1.807, 2.05) is 19.1 Å². The molecule has 0 atom stereocenters. The molecule has 1 aromatic rings. The summed E-state index contributed by atoms with van der Waals surface area (Å²) in [5.74, 6) is 1.14. The van der Waals surface area contributed by atoms with E-state index >= 15 is 0 Å². The highest BCUT2D eigenvalue weighted by molar-refractivity contribution is 5.98. The van der Waals surface area contributed by atoms with Gasteiger partial charge in [-0.2, -0.15) is 0 Å². The van der Waals surface area contributed by atoms with Gasteiger partial charge in [-0.1, -0.05) is 0 Å². The highest BCUT2D eigenvalue weighted by Gasteiger charge is 2.19. The van der Waals surface area contributed by atoms with Gasteiger partial charge in [-0.3, -0.25) is 4.79 Å². The van der Waals surface area contributed by atoms with Gasteiger partial charge in [0.1, 0.15) is 5.75 Å². The average molecular weight is 204 g/mol. The molecular weight excluding hydrogens is 188 g/mol. The molecule has 0 bridgehead atoms. The molecule has 0 heterocycles. The second-order valence-corrected chi connectivity index (χ2v) is 4.12. The molecule has 0 N–H and O–H groups in total. The number of rotatable bonds is 1. The number of ether oxygens (including phenoxy) is 1. The Kier molecular flexibility index (Phi) is 2.76.